The number of ether oxygens (including phenoxy) is 2. The zero-order valence-corrected chi connectivity index (χ0v) is 18.2. The number of carbonyl (C=O) groups is 1. The smallest absolute Gasteiger partial charge is 0.258 e. The van der Waals surface area contributed by atoms with Gasteiger partial charge in [-0.2, -0.15) is 16.8 Å². The van der Waals surface area contributed by atoms with Crippen LogP contribution in [0.25, 0.3) is 10.2 Å². The molecule has 0 radical (unpaired) electrons. The lowest BCUT2D eigenvalue weighted by molar-refractivity contribution is -0.115. The third-order valence-corrected chi connectivity index (χ3v) is 6.97. The van der Waals surface area contributed by atoms with Crippen molar-refractivity contribution in [2.45, 2.75) is 11.4 Å². The first kappa shape index (κ1) is 19.7. The molecule has 146 valence electrons. The Balaban J connectivity index is 1.62. The van der Waals surface area contributed by atoms with Crippen LogP contribution in [0.5, 0.6) is 11.5 Å². The average Bonchev–Trinajstić information content (AvgIpc) is 3.27. The molecule has 2 heterocycles. The minimum absolute atomic E-state index is 0.163. The summed E-state index contributed by atoms with van der Waals surface area (Å²) in [5.74, 6) is 2.52. The Morgan fingerprint density at radius 2 is 2.00 bits per heavy atom. The highest BCUT2D eigenvalue weighted by Crippen LogP contribution is 2.37. The molecule has 0 N–H and O–H groups in total. The molecule has 0 saturated carbocycles. The first-order valence-electron chi connectivity index (χ1n) is 8.52. The van der Waals surface area contributed by atoms with Gasteiger partial charge in [0.25, 0.3) is 5.91 Å². The molecular formula is C19H17ClN2O3S3. The van der Waals surface area contributed by atoms with Crippen LogP contribution in [0.3, 0.4) is 0 Å². The number of aryl methyl sites for hydroxylation is 1. The predicted octanol–water partition coefficient (Wildman–Crippen LogP) is 4.67. The van der Waals surface area contributed by atoms with Crippen molar-refractivity contribution in [3.8, 4) is 11.5 Å². The van der Waals surface area contributed by atoms with Gasteiger partial charge < -0.3 is 14.0 Å². The molecule has 5 nitrogen and oxygen atoms in total. The van der Waals surface area contributed by atoms with Crippen molar-refractivity contribution in [3.63, 3.8) is 0 Å². The molecule has 1 aromatic heterocycles. The van der Waals surface area contributed by atoms with Gasteiger partial charge in [-0.15, -0.1) is 11.8 Å². The summed E-state index contributed by atoms with van der Waals surface area (Å²) in [6, 6.07) is 11.4. The molecule has 2 aromatic carbocycles. The summed E-state index contributed by atoms with van der Waals surface area (Å²) in [7, 11) is 0. The molecule has 0 spiro atoms. The molecule has 3 aromatic rings. The van der Waals surface area contributed by atoms with E-state index in [0.29, 0.717) is 9.82 Å². The highest BCUT2D eigenvalue weighted by atomic mass is 35.5. The number of benzene rings is 2. The number of thiazole rings is 1. The maximum atomic E-state index is 12.5. The van der Waals surface area contributed by atoms with Gasteiger partial charge in [-0.25, -0.2) is 0 Å². The van der Waals surface area contributed by atoms with Gasteiger partial charge in [0.15, 0.2) is 16.3 Å². The van der Waals surface area contributed by atoms with Crippen LogP contribution in [0.1, 0.15) is 0 Å². The van der Waals surface area contributed by atoms with Crippen molar-refractivity contribution in [3.05, 3.63) is 46.2 Å². The van der Waals surface area contributed by atoms with E-state index in [0.717, 1.165) is 38.9 Å². The van der Waals surface area contributed by atoms with E-state index in [1.54, 1.807) is 11.8 Å². The van der Waals surface area contributed by atoms with Gasteiger partial charge in [-0.1, -0.05) is 22.9 Å². The number of fused-ring (bicyclic) bond motifs is 2. The van der Waals surface area contributed by atoms with E-state index in [-0.39, 0.29) is 18.5 Å². The fraction of sp³-hybridized carbons (Fsp3) is 0.263. The van der Waals surface area contributed by atoms with E-state index in [1.165, 1.54) is 23.1 Å². The van der Waals surface area contributed by atoms with E-state index >= 15 is 0 Å². The summed E-state index contributed by atoms with van der Waals surface area (Å²) in [5, 5.41) is 0.681. The quantitative estimate of drug-likeness (QED) is 0.509. The zero-order chi connectivity index (χ0) is 19.5. The number of halogens is 1. The van der Waals surface area contributed by atoms with Crippen molar-refractivity contribution in [1.82, 2.24) is 4.57 Å². The van der Waals surface area contributed by atoms with Crippen LogP contribution >= 0.6 is 46.5 Å². The molecule has 0 bridgehead atoms. The Morgan fingerprint density at radius 3 is 2.75 bits per heavy atom. The Hall–Kier alpha value is -1.61. The summed E-state index contributed by atoms with van der Waals surface area (Å²) in [4.78, 5) is 18.6. The lowest BCUT2D eigenvalue weighted by Gasteiger charge is -2.04. The fourth-order valence-electron chi connectivity index (χ4n) is 2.76. The normalized spacial score (nSPS) is 13.4. The minimum atomic E-state index is -0.163. The van der Waals surface area contributed by atoms with Crippen LogP contribution in [0.4, 0.5) is 0 Å². The molecule has 0 saturated heterocycles. The van der Waals surface area contributed by atoms with Crippen molar-refractivity contribution in [2.75, 3.05) is 24.6 Å². The van der Waals surface area contributed by atoms with Crippen LogP contribution in [0.15, 0.2) is 46.3 Å². The van der Waals surface area contributed by atoms with E-state index in [4.69, 9.17) is 21.1 Å². The van der Waals surface area contributed by atoms with E-state index in [2.05, 4.69) is 15.8 Å². The molecule has 9 heteroatoms. The van der Waals surface area contributed by atoms with Crippen LogP contribution < -0.4 is 14.3 Å². The monoisotopic (exact) mass is 452 g/mol. The van der Waals surface area contributed by atoms with Gasteiger partial charge in [-0.3, -0.25) is 4.79 Å². The summed E-state index contributed by atoms with van der Waals surface area (Å²) in [6.07, 6.45) is 2.06. The van der Waals surface area contributed by atoms with Gasteiger partial charge in [0, 0.05) is 34.3 Å². The number of thioether (sulfide) groups is 2. The number of aromatic nitrogens is 1. The fourth-order valence-corrected chi connectivity index (χ4v) is 5.02. The number of hydrogen-bond acceptors (Lipinski definition) is 6. The van der Waals surface area contributed by atoms with Gasteiger partial charge in [0.1, 0.15) is 0 Å². The van der Waals surface area contributed by atoms with E-state index in [9.17, 15) is 4.79 Å². The van der Waals surface area contributed by atoms with Crippen molar-refractivity contribution in [2.24, 2.45) is 4.99 Å². The molecule has 4 rings (SSSR count). The minimum Gasteiger partial charge on any atom is -0.454 e. The number of nitrogens with zero attached hydrogens (tertiary/aromatic N) is 2. The van der Waals surface area contributed by atoms with Gasteiger partial charge in [-0.05, 0) is 30.5 Å². The second kappa shape index (κ2) is 8.82. The first-order valence-corrected chi connectivity index (χ1v) is 12.1. The molecule has 28 heavy (non-hydrogen) atoms. The predicted molar refractivity (Wildman–Crippen MR) is 117 cm³/mol. The SMILES string of the molecule is CSCCn1c(=NC(=O)CSc2ccc(Cl)cc2)sc2cc3c(cc21)OCO3. The summed E-state index contributed by atoms with van der Waals surface area (Å²) < 4.78 is 14.1. The van der Waals surface area contributed by atoms with Crippen molar-refractivity contribution >= 4 is 62.6 Å². The van der Waals surface area contributed by atoms with Gasteiger partial charge in [0.2, 0.25) is 6.79 Å². The van der Waals surface area contributed by atoms with Crippen molar-refractivity contribution in [1.29, 1.82) is 0 Å². The molecule has 1 aliphatic heterocycles. The van der Waals surface area contributed by atoms with E-state index < -0.39 is 0 Å². The molecule has 0 fully saturated rings. The van der Waals surface area contributed by atoms with Gasteiger partial charge in [0.05, 0.1) is 16.0 Å². The Labute approximate surface area is 179 Å². The topological polar surface area (TPSA) is 52.8 Å². The molecular weight excluding hydrogens is 436 g/mol. The third kappa shape index (κ3) is 4.35. The maximum absolute atomic E-state index is 12.5. The Morgan fingerprint density at radius 1 is 1.25 bits per heavy atom. The molecule has 1 amide bonds. The van der Waals surface area contributed by atoms with Crippen LogP contribution in [-0.2, 0) is 11.3 Å². The molecule has 0 unspecified atom stereocenters. The second-order valence-corrected chi connectivity index (χ2v) is 9.43. The lowest BCUT2D eigenvalue weighted by Crippen LogP contribution is -2.18. The molecule has 0 atom stereocenters. The second-order valence-electron chi connectivity index (χ2n) is 5.95. The molecule has 0 aliphatic carbocycles. The Kier molecular flexibility index (Phi) is 6.20. The standard InChI is InChI=1S/C19H17ClN2O3S3/c1-26-7-6-22-14-8-15-16(25-11-24-15)9-17(14)28-19(22)21-18(23)10-27-13-4-2-12(20)3-5-13/h2-5,8-9H,6-7,10-11H2,1H3. The Bertz CT molecular complexity index is 1080. The summed E-state index contributed by atoms with van der Waals surface area (Å²) in [5.41, 5.74) is 1.01. The third-order valence-electron chi connectivity index (χ3n) is 4.09. The van der Waals surface area contributed by atoms with Crippen molar-refractivity contribution < 1.29 is 14.3 Å². The van der Waals surface area contributed by atoms with Gasteiger partial charge >= 0.3 is 0 Å². The van der Waals surface area contributed by atoms with Crippen LogP contribution in [0, 0.1) is 0 Å². The van der Waals surface area contributed by atoms with Crippen LogP contribution in [0.2, 0.25) is 5.02 Å². The lowest BCUT2D eigenvalue weighted by atomic mass is 10.3. The zero-order valence-electron chi connectivity index (χ0n) is 15.0. The van der Waals surface area contributed by atoms with Crippen LogP contribution in [-0.4, -0.2) is 35.0 Å². The molecule has 1 aliphatic rings. The average molecular weight is 453 g/mol. The number of hydrogen-bond donors (Lipinski definition) is 0. The first-order chi connectivity index (χ1) is 13.6. The number of amides is 1. The summed E-state index contributed by atoms with van der Waals surface area (Å²) in [6.45, 7) is 1.02. The maximum Gasteiger partial charge on any atom is 0.258 e. The highest BCUT2D eigenvalue weighted by molar-refractivity contribution is 8.00. The highest BCUT2D eigenvalue weighted by Gasteiger charge is 2.18. The van der Waals surface area contributed by atoms with E-state index in [1.807, 2.05) is 36.4 Å². The number of carbonyl (C=O) groups excluding carboxylic acids is 1. The number of rotatable bonds is 6. The largest absolute Gasteiger partial charge is 0.454 e. The summed E-state index contributed by atoms with van der Waals surface area (Å²) >= 11 is 10.6.